The van der Waals surface area contributed by atoms with E-state index in [0.717, 1.165) is 58.2 Å². The number of likely N-dealkylation sites (tertiary alicyclic amines) is 1. The zero-order valence-corrected chi connectivity index (χ0v) is 27.0. The molecule has 1 aliphatic heterocycles. The van der Waals surface area contributed by atoms with Crippen LogP contribution in [0.2, 0.25) is 0 Å². The normalized spacial score (nSPS) is 15.1. The van der Waals surface area contributed by atoms with Gasteiger partial charge in [0.05, 0.1) is 37.2 Å². The van der Waals surface area contributed by atoms with Crippen LogP contribution in [-0.4, -0.2) is 87.3 Å². The minimum atomic E-state index is -0.341. The number of fused-ring (bicyclic) bond motifs is 3. The van der Waals surface area contributed by atoms with Crippen molar-refractivity contribution in [2.45, 2.75) is 71.4 Å². The van der Waals surface area contributed by atoms with E-state index in [1.54, 1.807) is 6.08 Å². The monoisotopic (exact) mass is 616 g/mol. The quantitative estimate of drug-likeness (QED) is 0.184. The Balaban J connectivity index is 1.60. The highest BCUT2D eigenvalue weighted by Gasteiger charge is 2.23. The van der Waals surface area contributed by atoms with Crippen LogP contribution < -0.4 is 5.73 Å². The van der Waals surface area contributed by atoms with E-state index in [0.29, 0.717) is 64.3 Å². The molecule has 3 N–H and O–H groups in total. The average Bonchev–Trinajstić information content (AvgIpc) is 3.42. The van der Waals surface area contributed by atoms with Gasteiger partial charge >= 0.3 is 5.97 Å². The van der Waals surface area contributed by atoms with Crippen molar-refractivity contribution in [1.29, 1.82) is 0 Å². The molecule has 0 saturated carbocycles. The van der Waals surface area contributed by atoms with Crippen molar-refractivity contribution in [2.24, 2.45) is 0 Å². The third kappa shape index (κ3) is 8.79. The molecule has 1 fully saturated rings. The summed E-state index contributed by atoms with van der Waals surface area (Å²) in [6.45, 7) is 11.3. The number of aliphatic hydroxyl groups excluding tert-OH is 1. The number of nitrogens with zero attached hydrogens (tertiary/aromatic N) is 5. The lowest BCUT2D eigenvalue weighted by molar-refractivity contribution is -0.139. The first kappa shape index (κ1) is 33.9. The van der Waals surface area contributed by atoms with Crippen molar-refractivity contribution in [3.8, 4) is 0 Å². The summed E-state index contributed by atoms with van der Waals surface area (Å²) in [6, 6.07) is 8.00. The van der Waals surface area contributed by atoms with E-state index in [4.69, 9.17) is 15.5 Å². The van der Waals surface area contributed by atoms with Crippen molar-refractivity contribution in [3.63, 3.8) is 0 Å². The van der Waals surface area contributed by atoms with Crippen LogP contribution >= 0.6 is 0 Å². The van der Waals surface area contributed by atoms with Crippen LogP contribution in [-0.2, 0) is 27.3 Å². The maximum absolute atomic E-state index is 13.8. The lowest BCUT2D eigenvalue weighted by atomic mass is 10.1. The van der Waals surface area contributed by atoms with Crippen molar-refractivity contribution < 1.29 is 19.4 Å². The van der Waals surface area contributed by atoms with Gasteiger partial charge in [0.15, 0.2) is 5.82 Å². The van der Waals surface area contributed by atoms with Gasteiger partial charge in [-0.25, -0.2) is 9.97 Å². The van der Waals surface area contributed by atoms with Crippen molar-refractivity contribution >= 4 is 39.6 Å². The van der Waals surface area contributed by atoms with Gasteiger partial charge in [0.1, 0.15) is 11.3 Å². The van der Waals surface area contributed by atoms with Gasteiger partial charge in [-0.15, -0.1) is 0 Å². The highest BCUT2D eigenvalue weighted by atomic mass is 16.5. The van der Waals surface area contributed by atoms with Gasteiger partial charge in [-0.1, -0.05) is 56.4 Å². The van der Waals surface area contributed by atoms with Gasteiger partial charge in [-0.3, -0.25) is 14.5 Å². The molecule has 0 spiro atoms. The number of benzene rings is 1. The van der Waals surface area contributed by atoms with Crippen LogP contribution in [0.25, 0.3) is 21.9 Å². The van der Waals surface area contributed by atoms with Crippen LogP contribution in [0.3, 0.4) is 0 Å². The number of aliphatic hydroxyl groups is 1. The largest absolute Gasteiger partial charge is 0.469 e. The molecule has 3 aromatic rings. The second-order valence-corrected chi connectivity index (χ2v) is 11.7. The number of carbonyl (C=O) groups excluding carboxylic acids is 2. The number of rotatable bonds is 15. The SMILES string of the molecule is C=C/C(=C\C(=C/C)CN(CCCn1c(CCCC)nc2c(N)nc3ccccc3c21)C(=O)CN1CCC(O)CC1)CC(=O)OC. The third-order valence-electron chi connectivity index (χ3n) is 8.48. The standard InChI is InChI=1S/C35H48N6O4/c1-5-8-14-30-38-33-34(28-12-9-10-13-29(28)37-35(33)36)41(30)18-11-17-40(31(43)24-39-19-15-27(42)16-20-39)23-26(7-3)21-25(6-2)22-32(44)45-4/h6-7,9-10,12-13,21,27,42H,2,5,8,11,14-20,22-24H2,1,3-4H3,(H2,36,37)/b25-21+,26-7+. The Labute approximate surface area is 266 Å². The molecule has 1 amide bonds. The van der Waals surface area contributed by atoms with E-state index >= 15 is 0 Å². The number of methoxy groups -OCH3 is 1. The number of hydrogen-bond acceptors (Lipinski definition) is 8. The molecule has 3 heterocycles. The summed E-state index contributed by atoms with van der Waals surface area (Å²) < 4.78 is 7.11. The third-order valence-corrected chi connectivity index (χ3v) is 8.48. The summed E-state index contributed by atoms with van der Waals surface area (Å²) in [5, 5.41) is 11.0. The van der Waals surface area contributed by atoms with Gasteiger partial charge in [0.2, 0.25) is 5.91 Å². The first-order valence-corrected chi connectivity index (χ1v) is 16.0. The molecule has 0 radical (unpaired) electrons. The molecule has 10 nitrogen and oxygen atoms in total. The smallest absolute Gasteiger partial charge is 0.309 e. The summed E-state index contributed by atoms with van der Waals surface area (Å²) in [7, 11) is 1.37. The van der Waals surface area contributed by atoms with Gasteiger partial charge in [0, 0.05) is 44.5 Å². The molecule has 0 aliphatic carbocycles. The number of unbranched alkanes of at least 4 members (excludes halogenated alkanes) is 1. The predicted molar refractivity (Wildman–Crippen MR) is 180 cm³/mol. The molecule has 2 aromatic heterocycles. The number of amides is 1. The summed E-state index contributed by atoms with van der Waals surface area (Å²) in [4.78, 5) is 39.3. The molecule has 45 heavy (non-hydrogen) atoms. The number of hydrogen-bond donors (Lipinski definition) is 2. The molecule has 1 aliphatic rings. The van der Waals surface area contributed by atoms with E-state index in [1.165, 1.54) is 7.11 Å². The average molecular weight is 617 g/mol. The molecule has 1 aromatic carbocycles. The minimum absolute atomic E-state index is 0.0350. The number of carbonyl (C=O) groups is 2. The molecular formula is C35H48N6O4. The van der Waals surface area contributed by atoms with Crippen LogP contribution in [0, 0.1) is 0 Å². The van der Waals surface area contributed by atoms with E-state index in [1.807, 2.05) is 42.2 Å². The van der Waals surface area contributed by atoms with Gasteiger partial charge < -0.3 is 25.0 Å². The number of allylic oxidation sites excluding steroid dienone is 2. The Kier molecular flexibility index (Phi) is 12.3. The molecule has 4 rings (SSSR count). The van der Waals surface area contributed by atoms with Crippen LogP contribution in [0.4, 0.5) is 5.82 Å². The van der Waals surface area contributed by atoms with Gasteiger partial charge in [-0.05, 0) is 49.8 Å². The number of ether oxygens (including phenoxy) is 1. The maximum Gasteiger partial charge on any atom is 0.309 e. The minimum Gasteiger partial charge on any atom is -0.469 e. The molecule has 0 unspecified atom stereocenters. The second-order valence-electron chi connectivity index (χ2n) is 11.7. The Morgan fingerprint density at radius 1 is 1.18 bits per heavy atom. The lowest BCUT2D eigenvalue weighted by Gasteiger charge is -2.31. The molecule has 0 bridgehead atoms. The number of piperidine rings is 1. The number of anilines is 1. The van der Waals surface area contributed by atoms with Crippen molar-refractivity contribution in [3.05, 3.63) is 66.0 Å². The Morgan fingerprint density at radius 2 is 1.93 bits per heavy atom. The Hall–Kier alpha value is -4.02. The topological polar surface area (TPSA) is 127 Å². The lowest BCUT2D eigenvalue weighted by Crippen LogP contribution is -2.45. The number of nitrogen functional groups attached to an aromatic ring is 1. The number of para-hydroxylation sites is 1. The van der Waals surface area contributed by atoms with E-state index in [-0.39, 0.29) is 24.4 Å². The number of aromatic nitrogens is 3. The van der Waals surface area contributed by atoms with Crippen molar-refractivity contribution in [2.75, 3.05) is 45.6 Å². The van der Waals surface area contributed by atoms with E-state index in [9.17, 15) is 14.7 Å². The first-order chi connectivity index (χ1) is 21.8. The van der Waals surface area contributed by atoms with Crippen LogP contribution in [0.5, 0.6) is 0 Å². The summed E-state index contributed by atoms with van der Waals surface area (Å²) in [5.74, 6) is 1.11. The fraction of sp³-hybridized carbons (Fsp3) is 0.486. The number of aryl methyl sites for hydroxylation is 2. The second kappa shape index (κ2) is 16.3. The molecule has 10 heteroatoms. The highest BCUT2D eigenvalue weighted by molar-refractivity contribution is 6.06. The fourth-order valence-electron chi connectivity index (χ4n) is 5.85. The molecule has 1 saturated heterocycles. The Morgan fingerprint density at radius 3 is 2.62 bits per heavy atom. The predicted octanol–water partition coefficient (Wildman–Crippen LogP) is 4.81. The Bertz CT molecular complexity index is 1550. The number of pyridine rings is 1. The highest BCUT2D eigenvalue weighted by Crippen LogP contribution is 2.29. The summed E-state index contributed by atoms with van der Waals surface area (Å²) >= 11 is 0. The van der Waals surface area contributed by atoms with E-state index in [2.05, 4.69) is 34.0 Å². The maximum atomic E-state index is 13.8. The molecule has 0 atom stereocenters. The first-order valence-electron chi connectivity index (χ1n) is 16.0. The number of imidazole rings is 1. The zero-order valence-electron chi connectivity index (χ0n) is 27.0. The van der Waals surface area contributed by atoms with E-state index < -0.39 is 0 Å². The summed E-state index contributed by atoms with van der Waals surface area (Å²) in [5.41, 5.74) is 10.6. The fourth-order valence-corrected chi connectivity index (χ4v) is 5.85. The molecular weight excluding hydrogens is 568 g/mol. The summed E-state index contributed by atoms with van der Waals surface area (Å²) in [6.07, 6.45) is 10.3. The zero-order chi connectivity index (χ0) is 32.3. The van der Waals surface area contributed by atoms with Crippen molar-refractivity contribution in [1.82, 2.24) is 24.3 Å². The number of nitrogens with two attached hydrogens (primary N) is 1. The van der Waals surface area contributed by atoms with Gasteiger partial charge in [-0.2, -0.15) is 0 Å². The number of esters is 1. The van der Waals surface area contributed by atoms with Gasteiger partial charge in [0.25, 0.3) is 0 Å². The van der Waals surface area contributed by atoms with Crippen LogP contribution in [0.15, 0.2) is 60.2 Å². The van der Waals surface area contributed by atoms with Crippen LogP contribution in [0.1, 0.15) is 58.2 Å². The molecule has 242 valence electrons.